The number of hydrogen-bond acceptors (Lipinski definition) is 1. The monoisotopic (exact) mass is 247 g/mol. The highest BCUT2D eigenvalue weighted by Gasteiger charge is 2.06. The topological polar surface area (TPSA) is 23.8 Å². The minimum Gasteiger partial charge on any atom is -0.198 e. The summed E-state index contributed by atoms with van der Waals surface area (Å²) in [5, 5.41) is 9.11. The third kappa shape index (κ3) is 8.34. The second-order valence-corrected chi connectivity index (χ2v) is 5.63. The average molecular weight is 247 g/mol. The Bertz CT molecular complexity index is 249. The van der Waals surface area contributed by atoms with Crippen molar-refractivity contribution < 1.29 is 0 Å². The van der Waals surface area contributed by atoms with E-state index in [4.69, 9.17) is 5.26 Å². The van der Waals surface area contributed by atoms with E-state index in [9.17, 15) is 0 Å². The van der Waals surface area contributed by atoms with Gasteiger partial charge in [-0.15, -0.1) is 0 Å². The number of hydrogen-bond donors (Lipinski definition) is 0. The van der Waals surface area contributed by atoms with Gasteiger partial charge in [0.15, 0.2) is 0 Å². The third-order valence-electron chi connectivity index (χ3n) is 3.95. The molecule has 1 aliphatic rings. The van der Waals surface area contributed by atoms with Crippen molar-refractivity contribution in [3.8, 4) is 6.07 Å². The van der Waals surface area contributed by atoms with Gasteiger partial charge in [0.25, 0.3) is 0 Å². The molecule has 1 heteroatoms. The van der Waals surface area contributed by atoms with E-state index in [1.807, 2.05) is 0 Å². The van der Waals surface area contributed by atoms with E-state index in [2.05, 4.69) is 18.2 Å². The molecule has 1 rings (SSSR count). The van der Waals surface area contributed by atoms with Gasteiger partial charge in [0.1, 0.15) is 0 Å². The lowest BCUT2D eigenvalue weighted by Gasteiger charge is -2.08. The highest BCUT2D eigenvalue weighted by atomic mass is 14.3. The summed E-state index contributed by atoms with van der Waals surface area (Å²) in [6, 6.07) is 2.48. The van der Waals surface area contributed by atoms with Crippen LogP contribution in [0.3, 0.4) is 0 Å². The fourth-order valence-corrected chi connectivity index (χ4v) is 2.70. The molecule has 0 aromatic carbocycles. The third-order valence-corrected chi connectivity index (χ3v) is 3.95. The van der Waals surface area contributed by atoms with Crippen molar-refractivity contribution in [1.82, 2.24) is 0 Å². The summed E-state index contributed by atoms with van der Waals surface area (Å²) in [6.45, 7) is 0. The van der Waals surface area contributed by atoms with Crippen LogP contribution >= 0.6 is 0 Å². The number of nitriles is 1. The Morgan fingerprint density at radius 2 is 1.17 bits per heavy atom. The molecule has 0 fully saturated rings. The number of allylic oxidation sites excluding steroid dienone is 2. The smallest absolute Gasteiger partial charge is 0.0655 e. The zero-order chi connectivity index (χ0) is 12.9. The van der Waals surface area contributed by atoms with Crippen LogP contribution in [0, 0.1) is 17.2 Å². The SMILES string of the molecule is N#CC1CCC/C=C\CCCCCCCCCC1. The molecule has 0 aliphatic heterocycles. The lowest BCUT2D eigenvalue weighted by Crippen LogP contribution is -1.97. The van der Waals surface area contributed by atoms with Crippen LogP contribution in [0.5, 0.6) is 0 Å². The minimum atomic E-state index is 0.311. The Morgan fingerprint density at radius 1 is 0.667 bits per heavy atom. The molecule has 0 aromatic rings. The van der Waals surface area contributed by atoms with Crippen LogP contribution in [-0.4, -0.2) is 0 Å². The van der Waals surface area contributed by atoms with Crippen LogP contribution in [0.1, 0.15) is 83.5 Å². The van der Waals surface area contributed by atoms with E-state index in [1.165, 1.54) is 64.2 Å². The van der Waals surface area contributed by atoms with Crippen LogP contribution in [0.25, 0.3) is 0 Å². The molecule has 1 nitrogen and oxygen atoms in total. The van der Waals surface area contributed by atoms with Crippen molar-refractivity contribution in [1.29, 1.82) is 5.26 Å². The Kier molecular flexibility index (Phi) is 9.62. The molecule has 1 unspecified atom stereocenters. The molecule has 1 aliphatic carbocycles. The first-order valence-corrected chi connectivity index (χ1v) is 7.98. The summed E-state index contributed by atoms with van der Waals surface area (Å²) in [7, 11) is 0. The maximum Gasteiger partial charge on any atom is 0.0655 e. The van der Waals surface area contributed by atoms with Crippen molar-refractivity contribution in [2.75, 3.05) is 0 Å². The first-order chi connectivity index (χ1) is 8.93. The van der Waals surface area contributed by atoms with Gasteiger partial charge in [0.05, 0.1) is 6.07 Å². The fraction of sp³-hybridized carbons (Fsp3) is 0.824. The molecule has 0 saturated carbocycles. The second kappa shape index (κ2) is 11.3. The lowest BCUT2D eigenvalue weighted by molar-refractivity contribution is 0.486. The molecule has 0 bridgehead atoms. The van der Waals surface area contributed by atoms with E-state index in [0.29, 0.717) is 5.92 Å². The number of rotatable bonds is 0. The molecule has 0 amide bonds. The van der Waals surface area contributed by atoms with E-state index in [-0.39, 0.29) is 0 Å². The van der Waals surface area contributed by atoms with Crippen LogP contribution in [0.15, 0.2) is 12.2 Å². The van der Waals surface area contributed by atoms with Gasteiger partial charge < -0.3 is 0 Å². The molecule has 0 heterocycles. The van der Waals surface area contributed by atoms with Crippen LogP contribution in [0.2, 0.25) is 0 Å². The summed E-state index contributed by atoms with van der Waals surface area (Å²) in [5.74, 6) is 0.311. The molecule has 1 atom stereocenters. The van der Waals surface area contributed by atoms with Gasteiger partial charge in [-0.2, -0.15) is 5.26 Å². The highest BCUT2D eigenvalue weighted by molar-refractivity contribution is 4.85. The van der Waals surface area contributed by atoms with Gasteiger partial charge in [0.2, 0.25) is 0 Å². The van der Waals surface area contributed by atoms with Crippen molar-refractivity contribution in [2.45, 2.75) is 83.5 Å². The highest BCUT2D eigenvalue weighted by Crippen LogP contribution is 2.18. The molecule has 0 N–H and O–H groups in total. The van der Waals surface area contributed by atoms with Crippen molar-refractivity contribution in [3.63, 3.8) is 0 Å². The van der Waals surface area contributed by atoms with Crippen molar-refractivity contribution >= 4 is 0 Å². The summed E-state index contributed by atoms with van der Waals surface area (Å²) in [5.41, 5.74) is 0. The maximum absolute atomic E-state index is 9.11. The zero-order valence-corrected chi connectivity index (χ0v) is 11.9. The summed E-state index contributed by atoms with van der Waals surface area (Å²) >= 11 is 0. The Morgan fingerprint density at radius 3 is 1.83 bits per heavy atom. The molecular weight excluding hydrogens is 218 g/mol. The van der Waals surface area contributed by atoms with E-state index < -0.39 is 0 Å². The molecule has 0 radical (unpaired) electrons. The van der Waals surface area contributed by atoms with Gasteiger partial charge >= 0.3 is 0 Å². The van der Waals surface area contributed by atoms with Gasteiger partial charge in [-0.3, -0.25) is 0 Å². The fourth-order valence-electron chi connectivity index (χ4n) is 2.70. The standard InChI is InChI=1S/C17H29N/c18-16-17-14-12-10-8-6-4-2-1-3-5-7-9-11-13-15-17/h6,8,17H,1-5,7,9-15H2/b8-6-. The minimum absolute atomic E-state index is 0.311. The maximum atomic E-state index is 9.11. The van der Waals surface area contributed by atoms with Gasteiger partial charge in [-0.1, -0.05) is 57.1 Å². The first-order valence-electron chi connectivity index (χ1n) is 7.98. The molecule has 102 valence electrons. The summed E-state index contributed by atoms with van der Waals surface area (Å²) < 4.78 is 0. The van der Waals surface area contributed by atoms with Crippen LogP contribution < -0.4 is 0 Å². The predicted octanol–water partition coefficient (Wildman–Crippen LogP) is 5.77. The normalized spacial score (nSPS) is 27.2. The second-order valence-electron chi connectivity index (χ2n) is 5.63. The van der Waals surface area contributed by atoms with Gasteiger partial charge in [-0.05, 0) is 38.5 Å². The Labute approximate surface area is 113 Å². The van der Waals surface area contributed by atoms with E-state index in [1.54, 1.807) is 0 Å². The number of nitrogens with zero attached hydrogens (tertiary/aromatic N) is 1. The van der Waals surface area contributed by atoms with Crippen LogP contribution in [0.4, 0.5) is 0 Å². The Hall–Kier alpha value is -0.770. The largest absolute Gasteiger partial charge is 0.198 e. The lowest BCUT2D eigenvalue weighted by atomic mass is 9.96. The van der Waals surface area contributed by atoms with E-state index in [0.717, 1.165) is 19.3 Å². The molecule has 0 spiro atoms. The van der Waals surface area contributed by atoms with Gasteiger partial charge in [0, 0.05) is 5.92 Å². The van der Waals surface area contributed by atoms with Crippen molar-refractivity contribution in [3.05, 3.63) is 12.2 Å². The molecular formula is C17H29N. The summed E-state index contributed by atoms with van der Waals surface area (Å²) in [6.07, 6.45) is 21.4. The van der Waals surface area contributed by atoms with Gasteiger partial charge in [-0.25, -0.2) is 0 Å². The van der Waals surface area contributed by atoms with E-state index >= 15 is 0 Å². The average Bonchev–Trinajstić information content (AvgIpc) is 2.39. The molecule has 18 heavy (non-hydrogen) atoms. The first kappa shape index (κ1) is 15.3. The Balaban J connectivity index is 2.25. The van der Waals surface area contributed by atoms with Crippen molar-refractivity contribution in [2.24, 2.45) is 5.92 Å². The predicted molar refractivity (Wildman–Crippen MR) is 78.3 cm³/mol. The molecule has 0 saturated heterocycles. The quantitative estimate of drug-likeness (QED) is 0.499. The summed E-state index contributed by atoms with van der Waals surface area (Å²) in [4.78, 5) is 0. The molecule has 0 aromatic heterocycles. The zero-order valence-electron chi connectivity index (χ0n) is 11.9. The van der Waals surface area contributed by atoms with Crippen LogP contribution in [-0.2, 0) is 0 Å².